The molecule has 0 saturated heterocycles. The highest BCUT2D eigenvalue weighted by atomic mass is 15.1. The van der Waals surface area contributed by atoms with Crippen molar-refractivity contribution >= 4 is 49.6 Å². The first kappa shape index (κ1) is 31.6. The Morgan fingerprint density at radius 3 is 1.41 bits per heavy atom. The minimum absolute atomic E-state index is 1.11. The highest BCUT2D eigenvalue weighted by Gasteiger charge is 2.25. The van der Waals surface area contributed by atoms with E-state index in [4.69, 9.17) is 0 Å². The molecule has 10 rings (SSSR count). The van der Waals surface area contributed by atoms with Gasteiger partial charge in [-0.15, -0.1) is 0 Å². The van der Waals surface area contributed by atoms with Crippen LogP contribution >= 0.6 is 0 Å². The fourth-order valence-corrected chi connectivity index (χ4v) is 8.25. The van der Waals surface area contributed by atoms with Crippen LogP contribution in [0, 0.1) is 0 Å². The van der Waals surface area contributed by atoms with Gasteiger partial charge in [0, 0.05) is 33.0 Å². The minimum atomic E-state index is 1.11. The molecule has 0 N–H and O–H groups in total. The first-order chi connectivity index (χ1) is 26.8. The maximum atomic E-state index is 2.50. The van der Waals surface area contributed by atoms with E-state index >= 15 is 0 Å². The van der Waals surface area contributed by atoms with Crippen LogP contribution in [0.25, 0.3) is 71.6 Å². The van der Waals surface area contributed by atoms with Gasteiger partial charge in [0.05, 0.1) is 28.1 Å². The summed E-state index contributed by atoms with van der Waals surface area (Å²) in [6.45, 7) is 0. The Morgan fingerprint density at radius 2 is 0.778 bits per heavy atom. The monoisotopic (exact) mass is 688 g/mol. The zero-order valence-electron chi connectivity index (χ0n) is 29.7. The van der Waals surface area contributed by atoms with Gasteiger partial charge in [0.15, 0.2) is 0 Å². The van der Waals surface area contributed by atoms with Gasteiger partial charge in [-0.1, -0.05) is 182 Å². The fourth-order valence-electron chi connectivity index (χ4n) is 8.25. The quantitative estimate of drug-likeness (QED) is 0.162. The predicted molar refractivity (Wildman–Crippen MR) is 229 cm³/mol. The molecular weight excluding hydrogens is 653 g/mol. The van der Waals surface area contributed by atoms with Crippen LogP contribution in [0.2, 0.25) is 0 Å². The number of aromatic nitrogens is 1. The topological polar surface area (TPSA) is 8.17 Å². The van der Waals surface area contributed by atoms with E-state index in [9.17, 15) is 0 Å². The number of nitrogens with zero attached hydrogens (tertiary/aromatic N) is 2. The van der Waals surface area contributed by atoms with E-state index in [-0.39, 0.29) is 0 Å². The van der Waals surface area contributed by atoms with Crippen molar-refractivity contribution in [2.24, 2.45) is 0 Å². The van der Waals surface area contributed by atoms with E-state index in [2.05, 4.69) is 228 Å². The SMILES string of the molecule is c1ccc(-c2cccc(-c3ccccc3)c2-n2c3ccccc3c3c(N(c4ccccc4)c4ccc(-c5ccccc5)c5ccccc45)cccc32)cc1. The molecule has 0 fully saturated rings. The van der Waals surface area contributed by atoms with Crippen LogP contribution in [0.15, 0.2) is 218 Å². The van der Waals surface area contributed by atoms with Crippen LogP contribution in [0.1, 0.15) is 0 Å². The number of rotatable bonds is 7. The third-order valence-corrected chi connectivity index (χ3v) is 10.6. The molecule has 2 nitrogen and oxygen atoms in total. The van der Waals surface area contributed by atoms with Crippen molar-refractivity contribution in [3.05, 3.63) is 218 Å². The van der Waals surface area contributed by atoms with Crippen LogP contribution in [-0.2, 0) is 0 Å². The molecule has 0 radical (unpaired) electrons. The second kappa shape index (κ2) is 13.4. The first-order valence-electron chi connectivity index (χ1n) is 18.5. The zero-order valence-corrected chi connectivity index (χ0v) is 29.7. The predicted octanol–water partition coefficient (Wildman–Crippen LogP) is 14.4. The molecule has 0 unspecified atom stereocenters. The molecule has 0 aliphatic rings. The number of anilines is 3. The standard InChI is InChI=1S/C52H36N2/c1-5-19-37(20-6-1)41-35-36-48(45-28-14-13-27-44(41)45)53(40-25-11-4-12-26-40)49-33-18-34-50-51(49)46-29-15-16-32-47(46)54(50)52-42(38-21-7-2-8-22-38)30-17-31-43(52)39-23-9-3-10-24-39/h1-36H. The lowest BCUT2D eigenvalue weighted by atomic mass is 9.95. The Morgan fingerprint density at radius 1 is 0.296 bits per heavy atom. The summed E-state index contributed by atoms with van der Waals surface area (Å²) >= 11 is 0. The molecule has 254 valence electrons. The van der Waals surface area contributed by atoms with Crippen LogP contribution in [0.4, 0.5) is 17.1 Å². The normalized spacial score (nSPS) is 11.3. The Kier molecular flexibility index (Phi) is 7.85. The average Bonchev–Trinajstić information content (AvgIpc) is 3.59. The minimum Gasteiger partial charge on any atom is -0.309 e. The molecular formula is C52H36N2. The number of fused-ring (bicyclic) bond motifs is 4. The molecule has 0 aliphatic heterocycles. The van der Waals surface area contributed by atoms with Gasteiger partial charge >= 0.3 is 0 Å². The van der Waals surface area contributed by atoms with Crippen molar-refractivity contribution in [3.63, 3.8) is 0 Å². The molecule has 0 amide bonds. The Bertz CT molecular complexity index is 2850. The summed E-state index contributed by atoms with van der Waals surface area (Å²) in [7, 11) is 0. The Hall–Kier alpha value is -7.16. The molecule has 1 heterocycles. The van der Waals surface area contributed by atoms with Crippen LogP contribution < -0.4 is 4.90 Å². The second-order valence-electron chi connectivity index (χ2n) is 13.7. The van der Waals surface area contributed by atoms with E-state index in [1.807, 2.05) is 0 Å². The molecule has 9 aromatic carbocycles. The Balaban J connectivity index is 1.30. The number of hydrogen-bond acceptors (Lipinski definition) is 1. The van der Waals surface area contributed by atoms with Gasteiger partial charge < -0.3 is 9.47 Å². The molecule has 1 aromatic heterocycles. The van der Waals surface area contributed by atoms with Crippen molar-refractivity contribution in [2.75, 3.05) is 4.90 Å². The highest BCUT2D eigenvalue weighted by molar-refractivity contribution is 6.18. The van der Waals surface area contributed by atoms with Crippen molar-refractivity contribution in [3.8, 4) is 39.1 Å². The van der Waals surface area contributed by atoms with Crippen molar-refractivity contribution < 1.29 is 0 Å². The summed E-state index contributed by atoms with van der Waals surface area (Å²) in [5.74, 6) is 0. The highest BCUT2D eigenvalue weighted by Crippen LogP contribution is 2.48. The number of benzene rings is 9. The molecule has 10 aromatic rings. The van der Waals surface area contributed by atoms with Gasteiger partial charge in [0.25, 0.3) is 0 Å². The lowest BCUT2D eigenvalue weighted by Gasteiger charge is -2.28. The fraction of sp³-hybridized carbons (Fsp3) is 0. The second-order valence-corrected chi connectivity index (χ2v) is 13.7. The van der Waals surface area contributed by atoms with Crippen molar-refractivity contribution in [1.82, 2.24) is 4.57 Å². The third-order valence-electron chi connectivity index (χ3n) is 10.6. The van der Waals surface area contributed by atoms with Crippen LogP contribution in [0.5, 0.6) is 0 Å². The first-order valence-corrected chi connectivity index (χ1v) is 18.5. The average molecular weight is 689 g/mol. The van der Waals surface area contributed by atoms with E-state index in [0.29, 0.717) is 0 Å². The van der Waals surface area contributed by atoms with Gasteiger partial charge in [-0.2, -0.15) is 0 Å². The lowest BCUT2D eigenvalue weighted by molar-refractivity contribution is 1.18. The summed E-state index contributed by atoms with van der Waals surface area (Å²) in [5, 5.41) is 4.83. The van der Waals surface area contributed by atoms with Crippen molar-refractivity contribution in [2.45, 2.75) is 0 Å². The summed E-state index contributed by atoms with van der Waals surface area (Å²) < 4.78 is 2.50. The van der Waals surface area contributed by atoms with Gasteiger partial charge in [-0.3, -0.25) is 0 Å². The van der Waals surface area contributed by atoms with Gasteiger partial charge in [-0.25, -0.2) is 0 Å². The molecule has 54 heavy (non-hydrogen) atoms. The van der Waals surface area contributed by atoms with Crippen molar-refractivity contribution in [1.29, 1.82) is 0 Å². The molecule has 0 atom stereocenters. The zero-order chi connectivity index (χ0) is 35.8. The van der Waals surface area contributed by atoms with Gasteiger partial charge in [0.2, 0.25) is 0 Å². The molecule has 0 spiro atoms. The summed E-state index contributed by atoms with van der Waals surface area (Å²) in [5.41, 5.74) is 14.0. The smallest absolute Gasteiger partial charge is 0.0618 e. The maximum absolute atomic E-state index is 2.50. The van der Waals surface area contributed by atoms with E-state index < -0.39 is 0 Å². The summed E-state index contributed by atoms with van der Waals surface area (Å²) in [6.07, 6.45) is 0. The molecule has 2 heteroatoms. The van der Waals surface area contributed by atoms with E-state index in [1.54, 1.807) is 0 Å². The largest absolute Gasteiger partial charge is 0.309 e. The maximum Gasteiger partial charge on any atom is 0.0618 e. The summed E-state index contributed by atoms with van der Waals surface area (Å²) in [6, 6.07) is 78.8. The molecule has 0 saturated carbocycles. The molecule has 0 aliphatic carbocycles. The van der Waals surface area contributed by atoms with Gasteiger partial charge in [0.1, 0.15) is 0 Å². The molecule has 0 bridgehead atoms. The number of hydrogen-bond donors (Lipinski definition) is 0. The van der Waals surface area contributed by atoms with Crippen LogP contribution in [0.3, 0.4) is 0 Å². The van der Waals surface area contributed by atoms with E-state index in [1.165, 1.54) is 60.6 Å². The van der Waals surface area contributed by atoms with Crippen LogP contribution in [-0.4, -0.2) is 4.57 Å². The van der Waals surface area contributed by atoms with E-state index in [0.717, 1.165) is 28.1 Å². The lowest BCUT2D eigenvalue weighted by Crippen LogP contribution is -2.11. The third kappa shape index (κ3) is 5.27. The summed E-state index contributed by atoms with van der Waals surface area (Å²) in [4.78, 5) is 2.46. The Labute approximate surface area is 315 Å². The number of para-hydroxylation sites is 3. The van der Waals surface area contributed by atoms with Gasteiger partial charge in [-0.05, 0) is 64.0 Å².